The number of aliphatic hydroxyl groups excluding tert-OH is 2. The Labute approximate surface area is 73.4 Å². The van der Waals surface area contributed by atoms with Crippen LogP contribution < -0.4 is 0 Å². The van der Waals surface area contributed by atoms with Gasteiger partial charge in [-0.05, 0) is 12.8 Å². The van der Waals surface area contributed by atoms with E-state index in [0.717, 1.165) is 26.1 Å². The van der Waals surface area contributed by atoms with E-state index in [2.05, 4.69) is 6.92 Å². The summed E-state index contributed by atoms with van der Waals surface area (Å²) in [7, 11) is 0. The number of rotatable bonds is 5. The number of hydrogen-bond donors (Lipinski definition) is 2. The van der Waals surface area contributed by atoms with Crippen LogP contribution in [0.25, 0.3) is 0 Å². The highest BCUT2D eigenvalue weighted by Crippen LogP contribution is 2.37. The molecule has 12 heavy (non-hydrogen) atoms. The average molecular weight is 174 g/mol. The molecule has 1 rings (SSSR count). The maximum Gasteiger partial charge on any atom is 0.0544 e. The molecular weight excluding hydrogens is 156 g/mol. The van der Waals surface area contributed by atoms with Gasteiger partial charge in [0, 0.05) is 24.5 Å². The van der Waals surface area contributed by atoms with Crippen molar-refractivity contribution in [1.82, 2.24) is 0 Å². The van der Waals surface area contributed by atoms with Crippen molar-refractivity contribution in [2.45, 2.75) is 19.8 Å². The highest BCUT2D eigenvalue weighted by molar-refractivity contribution is 4.86. The van der Waals surface area contributed by atoms with E-state index >= 15 is 0 Å². The summed E-state index contributed by atoms with van der Waals surface area (Å²) in [6, 6.07) is 0. The van der Waals surface area contributed by atoms with Gasteiger partial charge in [-0.15, -0.1) is 0 Å². The SMILES string of the molecule is CCC1(CC(CO)CO)COC1. The molecule has 0 saturated carbocycles. The Morgan fingerprint density at radius 2 is 1.92 bits per heavy atom. The molecule has 2 N–H and O–H groups in total. The third-order valence-electron chi connectivity index (χ3n) is 2.80. The molecule has 1 heterocycles. The van der Waals surface area contributed by atoms with Crippen molar-refractivity contribution in [3.8, 4) is 0 Å². The predicted octanol–water partition coefficient (Wildman–Crippen LogP) is 0.404. The Hall–Kier alpha value is -0.120. The van der Waals surface area contributed by atoms with Crippen molar-refractivity contribution in [3.63, 3.8) is 0 Å². The predicted molar refractivity (Wildman–Crippen MR) is 45.8 cm³/mol. The third-order valence-corrected chi connectivity index (χ3v) is 2.80. The van der Waals surface area contributed by atoms with Gasteiger partial charge in [0.1, 0.15) is 0 Å². The van der Waals surface area contributed by atoms with E-state index in [0.29, 0.717) is 0 Å². The van der Waals surface area contributed by atoms with Gasteiger partial charge in [-0.3, -0.25) is 0 Å². The monoisotopic (exact) mass is 174 g/mol. The molecule has 0 atom stereocenters. The normalized spacial score (nSPS) is 21.0. The van der Waals surface area contributed by atoms with Gasteiger partial charge in [0.25, 0.3) is 0 Å². The Morgan fingerprint density at radius 3 is 2.17 bits per heavy atom. The lowest BCUT2D eigenvalue weighted by atomic mass is 9.76. The maximum atomic E-state index is 8.90. The largest absolute Gasteiger partial charge is 0.396 e. The molecular formula is C9H18O3. The molecule has 1 saturated heterocycles. The van der Waals surface area contributed by atoms with Crippen LogP contribution in [-0.2, 0) is 4.74 Å². The van der Waals surface area contributed by atoms with Crippen LogP contribution in [0.1, 0.15) is 19.8 Å². The van der Waals surface area contributed by atoms with Crippen molar-refractivity contribution < 1.29 is 14.9 Å². The smallest absolute Gasteiger partial charge is 0.0544 e. The van der Waals surface area contributed by atoms with Crippen LogP contribution >= 0.6 is 0 Å². The molecule has 0 aromatic heterocycles. The molecule has 0 bridgehead atoms. The first-order chi connectivity index (χ1) is 5.76. The van der Waals surface area contributed by atoms with E-state index in [4.69, 9.17) is 14.9 Å². The van der Waals surface area contributed by atoms with E-state index in [1.807, 2.05) is 0 Å². The van der Waals surface area contributed by atoms with Crippen molar-refractivity contribution in [2.24, 2.45) is 11.3 Å². The van der Waals surface area contributed by atoms with Crippen LogP contribution in [0.15, 0.2) is 0 Å². The summed E-state index contributed by atoms with van der Waals surface area (Å²) in [4.78, 5) is 0. The van der Waals surface area contributed by atoms with Gasteiger partial charge in [-0.25, -0.2) is 0 Å². The zero-order valence-corrected chi connectivity index (χ0v) is 7.62. The highest BCUT2D eigenvalue weighted by atomic mass is 16.5. The minimum Gasteiger partial charge on any atom is -0.396 e. The summed E-state index contributed by atoms with van der Waals surface area (Å²) in [5.74, 6) is 0.0360. The second-order valence-electron chi connectivity index (χ2n) is 3.78. The topological polar surface area (TPSA) is 49.7 Å². The van der Waals surface area contributed by atoms with Crippen LogP contribution in [0.3, 0.4) is 0 Å². The lowest BCUT2D eigenvalue weighted by molar-refractivity contribution is -0.131. The van der Waals surface area contributed by atoms with E-state index < -0.39 is 0 Å². The van der Waals surface area contributed by atoms with Crippen LogP contribution in [0.2, 0.25) is 0 Å². The first-order valence-electron chi connectivity index (χ1n) is 4.56. The van der Waals surface area contributed by atoms with Crippen LogP contribution in [0.5, 0.6) is 0 Å². The van der Waals surface area contributed by atoms with Gasteiger partial charge in [-0.1, -0.05) is 6.92 Å². The summed E-state index contributed by atoms with van der Waals surface area (Å²) in [5, 5.41) is 17.8. The molecule has 1 aliphatic rings. The van der Waals surface area contributed by atoms with E-state index in [-0.39, 0.29) is 24.5 Å². The summed E-state index contributed by atoms with van der Waals surface area (Å²) in [6.45, 7) is 3.88. The van der Waals surface area contributed by atoms with E-state index in [1.54, 1.807) is 0 Å². The fraction of sp³-hybridized carbons (Fsp3) is 1.00. The fourth-order valence-electron chi connectivity index (χ4n) is 1.66. The molecule has 0 aromatic carbocycles. The summed E-state index contributed by atoms with van der Waals surface area (Å²) in [5.41, 5.74) is 0.246. The molecule has 3 heteroatoms. The molecule has 0 aromatic rings. The van der Waals surface area contributed by atoms with E-state index in [1.165, 1.54) is 0 Å². The van der Waals surface area contributed by atoms with Crippen LogP contribution in [-0.4, -0.2) is 36.6 Å². The lowest BCUT2D eigenvalue weighted by Gasteiger charge is -2.42. The lowest BCUT2D eigenvalue weighted by Crippen LogP contribution is -2.44. The van der Waals surface area contributed by atoms with Gasteiger partial charge in [0.15, 0.2) is 0 Å². The zero-order chi connectivity index (χ0) is 9.03. The zero-order valence-electron chi connectivity index (χ0n) is 7.62. The minimum absolute atomic E-state index is 0.0360. The molecule has 0 aliphatic carbocycles. The second kappa shape index (κ2) is 4.21. The summed E-state index contributed by atoms with van der Waals surface area (Å²) in [6.07, 6.45) is 1.96. The summed E-state index contributed by atoms with van der Waals surface area (Å²) < 4.78 is 5.16. The first-order valence-corrected chi connectivity index (χ1v) is 4.56. The van der Waals surface area contributed by atoms with Gasteiger partial charge in [-0.2, -0.15) is 0 Å². The maximum absolute atomic E-state index is 8.90. The molecule has 0 radical (unpaired) electrons. The first kappa shape index (κ1) is 9.96. The molecule has 72 valence electrons. The fourth-order valence-corrected chi connectivity index (χ4v) is 1.66. The molecule has 1 fully saturated rings. The van der Waals surface area contributed by atoms with Crippen LogP contribution in [0, 0.1) is 11.3 Å². The number of hydrogen-bond acceptors (Lipinski definition) is 3. The van der Waals surface area contributed by atoms with Crippen LogP contribution in [0.4, 0.5) is 0 Å². The Kier molecular flexibility index (Phi) is 3.50. The third kappa shape index (κ3) is 1.97. The molecule has 0 unspecified atom stereocenters. The molecule has 3 nitrogen and oxygen atoms in total. The quantitative estimate of drug-likeness (QED) is 0.634. The van der Waals surface area contributed by atoms with Crippen molar-refractivity contribution in [2.75, 3.05) is 26.4 Å². The minimum atomic E-state index is 0.0360. The van der Waals surface area contributed by atoms with Gasteiger partial charge in [0.2, 0.25) is 0 Å². The number of aliphatic hydroxyl groups is 2. The Balaban J connectivity index is 2.35. The average Bonchev–Trinajstić information content (AvgIpc) is 2.05. The second-order valence-corrected chi connectivity index (χ2v) is 3.78. The summed E-state index contributed by atoms with van der Waals surface area (Å²) >= 11 is 0. The van der Waals surface area contributed by atoms with Gasteiger partial charge in [0.05, 0.1) is 13.2 Å². The Morgan fingerprint density at radius 1 is 1.33 bits per heavy atom. The standard InChI is InChI=1S/C9H18O3/c1-2-9(6-12-7-9)3-8(4-10)5-11/h8,10-11H,2-7H2,1H3. The number of ether oxygens (including phenoxy) is 1. The van der Waals surface area contributed by atoms with Gasteiger partial charge >= 0.3 is 0 Å². The van der Waals surface area contributed by atoms with E-state index in [9.17, 15) is 0 Å². The van der Waals surface area contributed by atoms with Crippen molar-refractivity contribution in [3.05, 3.63) is 0 Å². The molecule has 0 spiro atoms. The molecule has 0 amide bonds. The Bertz CT molecular complexity index is 122. The van der Waals surface area contributed by atoms with Crippen molar-refractivity contribution in [1.29, 1.82) is 0 Å². The van der Waals surface area contributed by atoms with Crippen molar-refractivity contribution >= 4 is 0 Å². The molecule has 1 aliphatic heterocycles. The van der Waals surface area contributed by atoms with Gasteiger partial charge < -0.3 is 14.9 Å². The highest BCUT2D eigenvalue weighted by Gasteiger charge is 2.38.